The van der Waals surface area contributed by atoms with Gasteiger partial charge in [-0.2, -0.15) is 13.2 Å². The van der Waals surface area contributed by atoms with E-state index in [0.29, 0.717) is 43.5 Å². The number of aliphatic hydroxyl groups is 1. The summed E-state index contributed by atoms with van der Waals surface area (Å²) >= 11 is 0. The second-order valence-electron chi connectivity index (χ2n) is 12.0. The van der Waals surface area contributed by atoms with Crippen LogP contribution in [0.1, 0.15) is 82.7 Å². The van der Waals surface area contributed by atoms with Crippen molar-refractivity contribution in [2.45, 2.75) is 75.2 Å². The second-order valence-corrected chi connectivity index (χ2v) is 12.0. The molecule has 0 radical (unpaired) electrons. The highest BCUT2D eigenvalue weighted by molar-refractivity contribution is 5.96. The molecule has 2 heterocycles. The molecule has 11 heteroatoms. The number of halogens is 3. The van der Waals surface area contributed by atoms with Gasteiger partial charge < -0.3 is 20.6 Å². The summed E-state index contributed by atoms with van der Waals surface area (Å²) < 4.78 is 38.8. The molecule has 2 saturated heterocycles. The Labute approximate surface area is 249 Å². The minimum atomic E-state index is -4.55. The minimum absolute atomic E-state index is 0.0240. The van der Waals surface area contributed by atoms with Crippen molar-refractivity contribution in [3.63, 3.8) is 0 Å². The van der Waals surface area contributed by atoms with Gasteiger partial charge in [-0.05, 0) is 86.8 Å². The first kappa shape index (κ1) is 31.0. The predicted molar refractivity (Wildman–Crippen MR) is 154 cm³/mol. The number of carbonyl (C=O) groups is 3. The van der Waals surface area contributed by atoms with Gasteiger partial charge in [-0.25, -0.2) is 0 Å². The van der Waals surface area contributed by atoms with Crippen molar-refractivity contribution >= 4 is 17.7 Å². The number of likely N-dealkylation sites (tertiary alicyclic amines) is 2. The van der Waals surface area contributed by atoms with Crippen molar-refractivity contribution < 1.29 is 32.7 Å². The summed E-state index contributed by atoms with van der Waals surface area (Å²) in [6.45, 7) is 2.48. The lowest BCUT2D eigenvalue weighted by Crippen LogP contribution is -2.44. The van der Waals surface area contributed by atoms with Gasteiger partial charge in [0, 0.05) is 49.4 Å². The van der Waals surface area contributed by atoms with Crippen LogP contribution in [0.3, 0.4) is 0 Å². The molecule has 3 fully saturated rings. The van der Waals surface area contributed by atoms with Gasteiger partial charge in [0.1, 0.15) is 0 Å². The van der Waals surface area contributed by atoms with E-state index in [9.17, 15) is 32.7 Å². The second kappa shape index (κ2) is 13.5. The monoisotopic (exact) mass is 600 g/mol. The average molecular weight is 601 g/mol. The number of piperidine rings is 1. The molecule has 0 bridgehead atoms. The zero-order valence-electron chi connectivity index (χ0n) is 24.1. The minimum Gasteiger partial charge on any atom is -0.393 e. The van der Waals surface area contributed by atoms with Gasteiger partial charge in [0.15, 0.2) is 0 Å². The van der Waals surface area contributed by atoms with E-state index in [4.69, 9.17) is 0 Å². The van der Waals surface area contributed by atoms with Crippen LogP contribution in [0.5, 0.6) is 0 Å². The molecule has 0 spiro atoms. The number of aliphatic hydroxyl groups excluding tert-OH is 1. The standard InChI is InChI=1S/C32H39F3N4O4/c33-32(34,35)25-3-1-2-24(18-25)30(42)36-19-29(41)37-26-12-15-39(20-26)27-10-8-22(9-11-27)21-4-6-23(7-5-21)31(43)38-16-13-28(40)14-17-38/h1-7,18,22,26-28,40H,8-17,19-20H2,(H,36,42)(H,37,41)/t22?,26-,27?/m1/s1. The maximum Gasteiger partial charge on any atom is 0.416 e. The van der Waals surface area contributed by atoms with E-state index >= 15 is 0 Å². The van der Waals surface area contributed by atoms with Crippen LogP contribution in [-0.2, 0) is 11.0 Å². The summed E-state index contributed by atoms with van der Waals surface area (Å²) in [5.41, 5.74) is 0.885. The normalized spacial score (nSPS) is 23.6. The Balaban J connectivity index is 1.03. The van der Waals surface area contributed by atoms with Crippen molar-refractivity contribution in [2.75, 3.05) is 32.7 Å². The van der Waals surface area contributed by atoms with E-state index in [1.54, 1.807) is 0 Å². The van der Waals surface area contributed by atoms with E-state index < -0.39 is 17.6 Å². The summed E-state index contributed by atoms with van der Waals surface area (Å²) in [7, 11) is 0. The van der Waals surface area contributed by atoms with Crippen molar-refractivity contribution in [1.82, 2.24) is 20.4 Å². The maximum atomic E-state index is 12.9. The predicted octanol–water partition coefficient (Wildman–Crippen LogP) is 3.95. The van der Waals surface area contributed by atoms with E-state index in [1.807, 2.05) is 17.0 Å². The summed E-state index contributed by atoms with van der Waals surface area (Å²) in [5, 5.41) is 15.1. The fraction of sp³-hybridized carbons (Fsp3) is 0.531. The molecule has 2 aliphatic heterocycles. The molecule has 3 N–H and O–H groups in total. The Bertz CT molecular complexity index is 1290. The molecule has 232 valence electrons. The van der Waals surface area contributed by atoms with Gasteiger partial charge in [-0.3, -0.25) is 19.3 Å². The van der Waals surface area contributed by atoms with Crippen LogP contribution in [0.4, 0.5) is 13.2 Å². The van der Waals surface area contributed by atoms with E-state index in [-0.39, 0.29) is 36.1 Å². The Morgan fingerprint density at radius 3 is 2.23 bits per heavy atom. The first-order valence-corrected chi connectivity index (χ1v) is 15.1. The molecule has 2 aromatic rings. The highest BCUT2D eigenvalue weighted by Crippen LogP contribution is 2.36. The molecule has 43 heavy (non-hydrogen) atoms. The van der Waals surface area contributed by atoms with Gasteiger partial charge >= 0.3 is 6.18 Å². The lowest BCUT2D eigenvalue weighted by Gasteiger charge is -2.35. The van der Waals surface area contributed by atoms with Crippen LogP contribution in [0.15, 0.2) is 48.5 Å². The Morgan fingerprint density at radius 2 is 1.56 bits per heavy atom. The fourth-order valence-corrected chi connectivity index (χ4v) is 6.54. The highest BCUT2D eigenvalue weighted by atomic mass is 19.4. The molecule has 1 saturated carbocycles. The number of hydrogen-bond donors (Lipinski definition) is 3. The van der Waals surface area contributed by atoms with Gasteiger partial charge in [-0.15, -0.1) is 0 Å². The molecular weight excluding hydrogens is 561 g/mol. The van der Waals surface area contributed by atoms with Crippen LogP contribution in [0.2, 0.25) is 0 Å². The Kier molecular flexibility index (Phi) is 9.71. The lowest BCUT2D eigenvalue weighted by molar-refractivity contribution is -0.137. The largest absolute Gasteiger partial charge is 0.416 e. The Morgan fingerprint density at radius 1 is 0.860 bits per heavy atom. The maximum absolute atomic E-state index is 12.9. The average Bonchev–Trinajstić information content (AvgIpc) is 3.48. The number of alkyl halides is 3. The number of nitrogens with zero attached hydrogens (tertiary/aromatic N) is 2. The van der Waals surface area contributed by atoms with E-state index in [0.717, 1.165) is 57.3 Å². The van der Waals surface area contributed by atoms with E-state index in [1.165, 1.54) is 17.7 Å². The van der Waals surface area contributed by atoms with Crippen molar-refractivity contribution in [3.05, 3.63) is 70.8 Å². The van der Waals surface area contributed by atoms with Crippen molar-refractivity contribution in [2.24, 2.45) is 0 Å². The zero-order valence-corrected chi connectivity index (χ0v) is 24.1. The van der Waals surface area contributed by atoms with Crippen LogP contribution < -0.4 is 10.6 Å². The van der Waals surface area contributed by atoms with Gasteiger partial charge in [0.05, 0.1) is 18.2 Å². The fourth-order valence-electron chi connectivity index (χ4n) is 6.54. The van der Waals surface area contributed by atoms with Crippen LogP contribution >= 0.6 is 0 Å². The summed E-state index contributed by atoms with van der Waals surface area (Å²) in [6.07, 6.45) is 1.41. The molecule has 0 aromatic heterocycles. The Hall–Kier alpha value is -3.44. The molecule has 5 rings (SSSR count). The third kappa shape index (κ3) is 7.94. The number of hydrogen-bond acceptors (Lipinski definition) is 5. The molecule has 3 amide bonds. The van der Waals surface area contributed by atoms with Gasteiger partial charge in [-0.1, -0.05) is 18.2 Å². The van der Waals surface area contributed by atoms with Crippen molar-refractivity contribution in [1.29, 1.82) is 0 Å². The third-order valence-corrected chi connectivity index (χ3v) is 9.04. The van der Waals surface area contributed by atoms with Crippen molar-refractivity contribution in [3.8, 4) is 0 Å². The summed E-state index contributed by atoms with van der Waals surface area (Å²) in [5.74, 6) is -0.620. The zero-order chi connectivity index (χ0) is 30.6. The van der Waals surface area contributed by atoms with Crippen LogP contribution in [0.25, 0.3) is 0 Å². The van der Waals surface area contributed by atoms with Crippen LogP contribution in [-0.4, -0.2) is 83.5 Å². The first-order valence-electron chi connectivity index (χ1n) is 15.1. The SMILES string of the molecule is O=C(CNC(=O)c1cccc(C(F)(F)F)c1)N[C@@H]1CCN(C2CCC(c3ccc(C(=O)N4CCC(O)CC4)cc3)CC2)C1. The number of carbonyl (C=O) groups excluding carboxylic acids is 3. The molecule has 8 nitrogen and oxygen atoms in total. The smallest absolute Gasteiger partial charge is 0.393 e. The number of benzene rings is 2. The topological polar surface area (TPSA) is 102 Å². The number of amides is 3. The molecule has 1 aliphatic carbocycles. The van der Waals surface area contributed by atoms with Crippen LogP contribution in [0, 0.1) is 0 Å². The molecule has 2 aromatic carbocycles. The number of rotatable bonds is 7. The lowest BCUT2D eigenvalue weighted by atomic mass is 9.81. The molecule has 1 atom stereocenters. The quantitative estimate of drug-likeness (QED) is 0.447. The number of nitrogens with one attached hydrogen (secondary N) is 2. The molecule has 3 aliphatic rings. The van der Waals surface area contributed by atoms with Gasteiger partial charge in [0.2, 0.25) is 5.91 Å². The third-order valence-electron chi connectivity index (χ3n) is 9.04. The summed E-state index contributed by atoms with van der Waals surface area (Å²) in [4.78, 5) is 41.8. The highest BCUT2D eigenvalue weighted by Gasteiger charge is 2.33. The molecule has 0 unspecified atom stereocenters. The summed E-state index contributed by atoms with van der Waals surface area (Å²) in [6, 6.07) is 12.5. The first-order chi connectivity index (χ1) is 20.6. The van der Waals surface area contributed by atoms with Gasteiger partial charge in [0.25, 0.3) is 11.8 Å². The molecular formula is C32H39F3N4O4. The van der Waals surface area contributed by atoms with E-state index in [2.05, 4.69) is 27.7 Å².